The van der Waals surface area contributed by atoms with Crippen molar-refractivity contribution in [1.29, 1.82) is 0 Å². The lowest BCUT2D eigenvalue weighted by Gasteiger charge is -2.28. The van der Waals surface area contributed by atoms with Gasteiger partial charge in [-0.3, -0.25) is 9.59 Å². The molecule has 1 atom stereocenters. The molecule has 1 aromatic carbocycles. The highest BCUT2D eigenvalue weighted by Gasteiger charge is 2.48. The third kappa shape index (κ3) is 2.55. The van der Waals surface area contributed by atoms with Crippen LogP contribution in [0.25, 0.3) is 0 Å². The van der Waals surface area contributed by atoms with Gasteiger partial charge in [0, 0.05) is 16.7 Å². The second kappa shape index (κ2) is 5.71. The van der Waals surface area contributed by atoms with Crippen molar-refractivity contribution in [1.82, 2.24) is 4.90 Å². The smallest absolute Gasteiger partial charge is 0.311 e. The lowest BCUT2D eigenvalue weighted by atomic mass is 9.76. The van der Waals surface area contributed by atoms with E-state index >= 15 is 0 Å². The van der Waals surface area contributed by atoms with Crippen molar-refractivity contribution >= 4 is 34.5 Å². The van der Waals surface area contributed by atoms with Crippen LogP contribution < -0.4 is 0 Å². The molecule has 1 unspecified atom stereocenters. The van der Waals surface area contributed by atoms with E-state index in [1.54, 1.807) is 11.0 Å². The highest BCUT2D eigenvalue weighted by Crippen LogP contribution is 2.38. The Labute approximate surface area is 132 Å². The van der Waals surface area contributed by atoms with Crippen LogP contribution in [-0.4, -0.2) is 35.0 Å². The van der Waals surface area contributed by atoms with Gasteiger partial charge >= 0.3 is 5.97 Å². The molecule has 1 fully saturated rings. The Hall–Kier alpha value is -1.11. The van der Waals surface area contributed by atoms with E-state index in [9.17, 15) is 14.7 Å². The van der Waals surface area contributed by atoms with E-state index in [1.165, 1.54) is 0 Å². The highest BCUT2D eigenvalue weighted by atomic mass is 127. The van der Waals surface area contributed by atoms with Gasteiger partial charge in [0.1, 0.15) is 0 Å². The summed E-state index contributed by atoms with van der Waals surface area (Å²) < 4.78 is 0.896. The van der Waals surface area contributed by atoms with Crippen LogP contribution >= 0.6 is 22.6 Å². The molecule has 5 heteroatoms. The van der Waals surface area contributed by atoms with E-state index in [2.05, 4.69) is 22.6 Å². The number of aliphatic carboxylic acids is 1. The molecule has 0 aliphatic carbocycles. The molecule has 0 radical (unpaired) electrons. The zero-order valence-corrected chi connectivity index (χ0v) is 13.8. The Morgan fingerprint density at radius 2 is 2.00 bits per heavy atom. The van der Waals surface area contributed by atoms with Crippen molar-refractivity contribution < 1.29 is 14.7 Å². The summed E-state index contributed by atoms with van der Waals surface area (Å²) in [6.45, 7) is 4.63. The van der Waals surface area contributed by atoms with Gasteiger partial charge in [0.15, 0.2) is 0 Å². The number of likely N-dealkylation sites (tertiary alicyclic amines) is 1. The number of rotatable bonds is 3. The predicted octanol–water partition coefficient (Wildman–Crippen LogP) is 2.86. The van der Waals surface area contributed by atoms with Crippen LogP contribution in [0.4, 0.5) is 0 Å². The molecule has 0 spiro atoms. The quantitative estimate of drug-likeness (QED) is 0.812. The fourth-order valence-electron chi connectivity index (χ4n) is 2.70. The van der Waals surface area contributed by atoms with Gasteiger partial charge in [-0.2, -0.15) is 0 Å². The van der Waals surface area contributed by atoms with Gasteiger partial charge in [0.2, 0.25) is 0 Å². The first kappa shape index (κ1) is 15.3. The maximum atomic E-state index is 12.5. The molecule has 108 valence electrons. The van der Waals surface area contributed by atoms with Crippen molar-refractivity contribution in [3.05, 3.63) is 33.4 Å². The average molecular weight is 387 g/mol. The summed E-state index contributed by atoms with van der Waals surface area (Å²) in [6.07, 6.45) is 0.523. The minimum atomic E-state index is -0.810. The lowest BCUT2D eigenvalue weighted by Crippen LogP contribution is -2.40. The van der Waals surface area contributed by atoms with Gasteiger partial charge in [-0.15, -0.1) is 0 Å². The first-order valence-electron chi connectivity index (χ1n) is 6.65. The van der Waals surface area contributed by atoms with Crippen LogP contribution in [0.3, 0.4) is 0 Å². The van der Waals surface area contributed by atoms with Gasteiger partial charge in [-0.1, -0.05) is 26.0 Å². The fourth-order valence-corrected chi connectivity index (χ4v) is 3.32. The molecule has 0 aromatic heterocycles. The molecular formula is C15H18INO3. The molecule has 20 heavy (non-hydrogen) atoms. The van der Waals surface area contributed by atoms with Gasteiger partial charge in [0.05, 0.1) is 11.0 Å². The normalized spacial score (nSPS) is 22.3. The zero-order chi connectivity index (χ0) is 14.9. The van der Waals surface area contributed by atoms with E-state index in [0.29, 0.717) is 25.1 Å². The maximum Gasteiger partial charge on any atom is 0.311 e. The Morgan fingerprint density at radius 1 is 1.35 bits per heavy atom. The largest absolute Gasteiger partial charge is 0.481 e. The molecule has 1 heterocycles. The molecule has 1 aliphatic rings. The van der Waals surface area contributed by atoms with Crippen molar-refractivity contribution in [2.75, 3.05) is 13.1 Å². The molecule has 1 N–H and O–H groups in total. The van der Waals surface area contributed by atoms with Gasteiger partial charge in [-0.25, -0.2) is 0 Å². The molecule has 1 aromatic rings. The Bertz CT molecular complexity index is 544. The first-order chi connectivity index (χ1) is 9.38. The Kier molecular flexibility index (Phi) is 4.36. The SMILES string of the molecule is CC(C)C1(C(=O)O)CCN(C(=O)c2ccccc2I)C1. The molecule has 1 amide bonds. The van der Waals surface area contributed by atoms with Gasteiger partial charge < -0.3 is 10.0 Å². The maximum absolute atomic E-state index is 12.5. The molecule has 0 saturated carbocycles. The van der Waals surface area contributed by atoms with Crippen molar-refractivity contribution in [2.24, 2.45) is 11.3 Å². The molecular weight excluding hydrogens is 369 g/mol. The lowest BCUT2D eigenvalue weighted by molar-refractivity contribution is -0.150. The number of amides is 1. The average Bonchev–Trinajstić information content (AvgIpc) is 2.85. The van der Waals surface area contributed by atoms with Crippen LogP contribution in [-0.2, 0) is 4.79 Å². The predicted molar refractivity (Wildman–Crippen MR) is 84.6 cm³/mol. The van der Waals surface area contributed by atoms with E-state index < -0.39 is 11.4 Å². The number of hydrogen-bond donors (Lipinski definition) is 1. The fraction of sp³-hybridized carbons (Fsp3) is 0.467. The minimum absolute atomic E-state index is 0.00708. The summed E-state index contributed by atoms with van der Waals surface area (Å²) in [6, 6.07) is 7.40. The summed E-state index contributed by atoms with van der Waals surface area (Å²) in [5.41, 5.74) is -0.159. The van der Waals surface area contributed by atoms with E-state index in [4.69, 9.17) is 0 Å². The highest BCUT2D eigenvalue weighted by molar-refractivity contribution is 14.1. The van der Waals surface area contributed by atoms with E-state index in [0.717, 1.165) is 3.57 Å². The summed E-state index contributed by atoms with van der Waals surface area (Å²) in [5.74, 6) is -0.864. The summed E-state index contributed by atoms with van der Waals surface area (Å²) in [7, 11) is 0. The summed E-state index contributed by atoms with van der Waals surface area (Å²) in [4.78, 5) is 25.8. The topological polar surface area (TPSA) is 57.6 Å². The number of carbonyl (C=O) groups excluding carboxylic acids is 1. The molecule has 1 aliphatic heterocycles. The van der Waals surface area contributed by atoms with E-state index in [1.807, 2.05) is 32.0 Å². The van der Waals surface area contributed by atoms with Gasteiger partial charge in [-0.05, 0) is 47.1 Å². The standard InChI is InChI=1S/C15H18INO3/c1-10(2)15(14(19)20)7-8-17(9-15)13(18)11-5-3-4-6-12(11)16/h3-6,10H,7-9H2,1-2H3,(H,19,20). The number of halogens is 1. The number of carboxylic acid groups (broad SMARTS) is 1. The second-order valence-corrected chi connectivity index (χ2v) is 6.73. The van der Waals surface area contributed by atoms with Crippen LogP contribution in [0.15, 0.2) is 24.3 Å². The van der Waals surface area contributed by atoms with Crippen LogP contribution in [0.1, 0.15) is 30.6 Å². The van der Waals surface area contributed by atoms with Crippen LogP contribution in [0.2, 0.25) is 0 Å². The third-order valence-corrected chi connectivity index (χ3v) is 5.16. The summed E-state index contributed by atoms with van der Waals surface area (Å²) >= 11 is 2.13. The number of carbonyl (C=O) groups is 2. The van der Waals surface area contributed by atoms with E-state index in [-0.39, 0.29) is 11.8 Å². The minimum Gasteiger partial charge on any atom is -0.481 e. The summed E-state index contributed by atoms with van der Waals surface area (Å²) in [5, 5.41) is 9.52. The van der Waals surface area contributed by atoms with Crippen molar-refractivity contribution in [2.45, 2.75) is 20.3 Å². The first-order valence-corrected chi connectivity index (χ1v) is 7.73. The van der Waals surface area contributed by atoms with Crippen LogP contribution in [0.5, 0.6) is 0 Å². The molecule has 2 rings (SSSR count). The second-order valence-electron chi connectivity index (χ2n) is 5.57. The zero-order valence-electron chi connectivity index (χ0n) is 11.6. The Morgan fingerprint density at radius 3 is 2.50 bits per heavy atom. The number of benzene rings is 1. The van der Waals surface area contributed by atoms with Crippen molar-refractivity contribution in [3.8, 4) is 0 Å². The number of hydrogen-bond acceptors (Lipinski definition) is 2. The monoisotopic (exact) mass is 387 g/mol. The molecule has 4 nitrogen and oxygen atoms in total. The van der Waals surface area contributed by atoms with Crippen LogP contribution in [0, 0.1) is 14.9 Å². The number of carboxylic acids is 1. The number of nitrogens with zero attached hydrogens (tertiary/aromatic N) is 1. The Balaban J connectivity index is 2.23. The van der Waals surface area contributed by atoms with Gasteiger partial charge in [0.25, 0.3) is 5.91 Å². The third-order valence-electron chi connectivity index (χ3n) is 4.22. The molecule has 0 bridgehead atoms. The molecule has 1 saturated heterocycles. The van der Waals surface area contributed by atoms with Crippen molar-refractivity contribution in [3.63, 3.8) is 0 Å².